The van der Waals surface area contributed by atoms with Crippen LogP contribution in [0.4, 0.5) is 10.5 Å². The Kier molecular flexibility index (Phi) is 5.55. The Morgan fingerprint density at radius 3 is 2.58 bits per heavy atom. The molecular weight excluding hydrogens is 334 g/mol. The van der Waals surface area contributed by atoms with Gasteiger partial charge in [-0.25, -0.2) is 9.59 Å². The molecule has 0 aliphatic carbocycles. The van der Waals surface area contributed by atoms with Gasteiger partial charge in [-0.1, -0.05) is 30.4 Å². The van der Waals surface area contributed by atoms with Gasteiger partial charge in [0.05, 0.1) is 7.11 Å². The molecule has 2 aliphatic rings. The van der Waals surface area contributed by atoms with Crippen LogP contribution in [0.3, 0.4) is 0 Å². The summed E-state index contributed by atoms with van der Waals surface area (Å²) < 4.78 is 4.85. The molecule has 2 aliphatic heterocycles. The number of benzene rings is 1. The average molecular weight is 357 g/mol. The van der Waals surface area contributed by atoms with E-state index in [2.05, 4.69) is 10.6 Å². The van der Waals surface area contributed by atoms with Crippen LogP contribution in [0.5, 0.6) is 0 Å². The molecule has 0 radical (unpaired) electrons. The van der Waals surface area contributed by atoms with Gasteiger partial charge in [0.15, 0.2) is 0 Å². The van der Waals surface area contributed by atoms with Gasteiger partial charge in [-0.2, -0.15) is 0 Å². The summed E-state index contributed by atoms with van der Waals surface area (Å²) in [7, 11) is 1.33. The van der Waals surface area contributed by atoms with Gasteiger partial charge < -0.3 is 20.3 Å². The van der Waals surface area contributed by atoms with Crippen LogP contribution >= 0.6 is 0 Å². The first-order valence-electron chi connectivity index (χ1n) is 8.77. The number of urea groups is 1. The lowest BCUT2D eigenvalue weighted by Gasteiger charge is -2.33. The lowest BCUT2D eigenvalue weighted by molar-refractivity contribution is -0.152. The second kappa shape index (κ2) is 8.03. The highest BCUT2D eigenvalue weighted by molar-refractivity contribution is 5.95. The van der Waals surface area contributed by atoms with Crippen LogP contribution in [-0.2, 0) is 14.3 Å². The molecule has 3 atom stereocenters. The second-order valence-corrected chi connectivity index (χ2v) is 6.48. The highest BCUT2D eigenvalue weighted by atomic mass is 16.5. The molecule has 2 N–H and O–H groups in total. The number of ether oxygens (including phenoxy) is 1. The molecule has 7 nitrogen and oxygen atoms in total. The number of hydrogen-bond acceptors (Lipinski definition) is 4. The van der Waals surface area contributed by atoms with Crippen molar-refractivity contribution in [2.24, 2.45) is 0 Å². The Morgan fingerprint density at radius 2 is 1.85 bits per heavy atom. The molecule has 2 heterocycles. The van der Waals surface area contributed by atoms with Crippen LogP contribution in [-0.4, -0.2) is 48.0 Å². The van der Waals surface area contributed by atoms with Gasteiger partial charge >= 0.3 is 12.0 Å². The third-order valence-electron chi connectivity index (χ3n) is 4.81. The monoisotopic (exact) mass is 357 g/mol. The average Bonchev–Trinajstić information content (AvgIpc) is 3.06. The maximum atomic E-state index is 13.0. The van der Waals surface area contributed by atoms with Crippen molar-refractivity contribution in [3.63, 3.8) is 0 Å². The fraction of sp³-hybridized carbons (Fsp3) is 0.421. The Labute approximate surface area is 152 Å². The van der Waals surface area contributed by atoms with Crippen molar-refractivity contribution in [3.05, 3.63) is 42.5 Å². The number of nitrogens with one attached hydrogen (secondary N) is 2. The Hall–Kier alpha value is -2.83. The molecule has 0 bridgehead atoms. The van der Waals surface area contributed by atoms with Crippen LogP contribution in [0.15, 0.2) is 42.5 Å². The highest BCUT2D eigenvalue weighted by Crippen LogP contribution is 2.30. The third kappa shape index (κ3) is 3.87. The smallest absolute Gasteiger partial charge is 0.328 e. The van der Waals surface area contributed by atoms with Crippen LogP contribution in [0.25, 0.3) is 0 Å². The topological polar surface area (TPSA) is 87.7 Å². The molecule has 1 aromatic rings. The molecule has 1 aromatic carbocycles. The van der Waals surface area contributed by atoms with Gasteiger partial charge in [-0.3, -0.25) is 4.79 Å². The van der Waals surface area contributed by atoms with Crippen LogP contribution in [0, 0.1) is 0 Å². The molecule has 0 aromatic heterocycles. The SMILES string of the molecule is COC(=O)C1CCC2C/C=C\CC(NC(=O)Nc3ccccc3)C(=O)N21. The Bertz CT molecular complexity index is 704. The normalized spacial score (nSPS) is 26.3. The van der Waals surface area contributed by atoms with E-state index in [-0.39, 0.29) is 11.9 Å². The minimum atomic E-state index is -0.719. The van der Waals surface area contributed by atoms with E-state index in [1.165, 1.54) is 7.11 Å². The summed E-state index contributed by atoms with van der Waals surface area (Å²) in [6, 6.07) is 7.23. The number of fused-ring (bicyclic) bond motifs is 1. The molecule has 0 spiro atoms. The van der Waals surface area contributed by atoms with E-state index in [1.807, 2.05) is 30.4 Å². The molecule has 0 saturated carbocycles. The zero-order valence-electron chi connectivity index (χ0n) is 14.7. The summed E-state index contributed by atoms with van der Waals surface area (Å²) in [6.45, 7) is 0. The Morgan fingerprint density at radius 1 is 1.12 bits per heavy atom. The molecule has 3 rings (SSSR count). The number of amides is 3. The number of anilines is 1. The maximum Gasteiger partial charge on any atom is 0.328 e. The molecule has 3 unspecified atom stereocenters. The summed E-state index contributed by atoms with van der Waals surface area (Å²) in [5, 5.41) is 5.44. The first-order chi connectivity index (χ1) is 12.6. The van der Waals surface area contributed by atoms with Gasteiger partial charge in [-0.15, -0.1) is 0 Å². The molecule has 7 heteroatoms. The minimum absolute atomic E-state index is 0.0374. The van der Waals surface area contributed by atoms with Crippen molar-refractivity contribution in [3.8, 4) is 0 Å². The summed E-state index contributed by atoms with van der Waals surface area (Å²) in [4.78, 5) is 39.0. The molecule has 1 saturated heterocycles. The van der Waals surface area contributed by atoms with Crippen molar-refractivity contribution in [2.45, 2.75) is 43.8 Å². The van der Waals surface area contributed by atoms with Crippen molar-refractivity contribution in [1.29, 1.82) is 0 Å². The third-order valence-corrected chi connectivity index (χ3v) is 4.81. The summed E-state index contributed by atoms with van der Waals surface area (Å²) in [5.41, 5.74) is 0.644. The van der Waals surface area contributed by atoms with E-state index >= 15 is 0 Å². The zero-order valence-corrected chi connectivity index (χ0v) is 14.7. The van der Waals surface area contributed by atoms with Gasteiger partial charge in [0.25, 0.3) is 0 Å². The summed E-state index contributed by atoms with van der Waals surface area (Å²) >= 11 is 0. The second-order valence-electron chi connectivity index (χ2n) is 6.48. The number of esters is 1. The van der Waals surface area contributed by atoms with Crippen molar-refractivity contribution >= 4 is 23.6 Å². The quantitative estimate of drug-likeness (QED) is 0.640. The van der Waals surface area contributed by atoms with E-state index < -0.39 is 24.1 Å². The standard InChI is InChI=1S/C19H23N3O4/c1-26-18(24)16-12-11-14-9-5-6-10-15(17(23)22(14)16)21-19(25)20-13-7-3-2-4-8-13/h2-8,14-16H,9-12H2,1H3,(H2,20,21,25)/b6-5-. The number of para-hydroxylation sites is 1. The number of methoxy groups -OCH3 is 1. The number of nitrogens with zero attached hydrogens (tertiary/aromatic N) is 1. The fourth-order valence-electron chi connectivity index (χ4n) is 3.55. The van der Waals surface area contributed by atoms with Crippen LogP contribution in [0.1, 0.15) is 25.7 Å². The van der Waals surface area contributed by atoms with Gasteiger partial charge in [-0.05, 0) is 37.8 Å². The number of rotatable bonds is 3. The van der Waals surface area contributed by atoms with Crippen molar-refractivity contribution in [1.82, 2.24) is 10.2 Å². The molecular formula is C19H23N3O4. The molecule has 3 amide bonds. The predicted octanol–water partition coefficient (Wildman–Crippen LogP) is 2.06. The number of hydrogen-bond donors (Lipinski definition) is 2. The van der Waals surface area contributed by atoms with E-state index in [1.54, 1.807) is 17.0 Å². The molecule has 26 heavy (non-hydrogen) atoms. The first kappa shape index (κ1) is 18.0. The predicted molar refractivity (Wildman–Crippen MR) is 96.4 cm³/mol. The lowest BCUT2D eigenvalue weighted by Crippen LogP contribution is -2.55. The summed E-state index contributed by atoms with van der Waals surface area (Å²) in [5.74, 6) is -0.645. The van der Waals surface area contributed by atoms with Gasteiger partial charge in [0, 0.05) is 11.7 Å². The number of carbonyl (C=O) groups excluding carboxylic acids is 3. The summed E-state index contributed by atoms with van der Waals surface area (Å²) in [6.07, 6.45) is 6.35. The van der Waals surface area contributed by atoms with Gasteiger partial charge in [0.1, 0.15) is 12.1 Å². The van der Waals surface area contributed by atoms with E-state index in [9.17, 15) is 14.4 Å². The lowest BCUT2D eigenvalue weighted by atomic mass is 10.0. The van der Waals surface area contributed by atoms with Crippen molar-refractivity contribution in [2.75, 3.05) is 12.4 Å². The maximum absolute atomic E-state index is 13.0. The van der Waals surface area contributed by atoms with Crippen molar-refractivity contribution < 1.29 is 19.1 Å². The fourth-order valence-corrected chi connectivity index (χ4v) is 3.55. The molecule has 138 valence electrons. The van der Waals surface area contributed by atoms with Gasteiger partial charge in [0.2, 0.25) is 5.91 Å². The Balaban J connectivity index is 1.72. The largest absolute Gasteiger partial charge is 0.467 e. The first-order valence-corrected chi connectivity index (χ1v) is 8.77. The highest BCUT2D eigenvalue weighted by Gasteiger charge is 2.43. The van der Waals surface area contributed by atoms with Crippen LogP contribution < -0.4 is 10.6 Å². The number of carbonyl (C=O) groups is 3. The van der Waals surface area contributed by atoms with E-state index in [4.69, 9.17) is 4.74 Å². The van der Waals surface area contributed by atoms with Crippen LogP contribution in [0.2, 0.25) is 0 Å². The minimum Gasteiger partial charge on any atom is -0.467 e. The van der Waals surface area contributed by atoms with E-state index in [0.717, 1.165) is 6.42 Å². The zero-order chi connectivity index (χ0) is 18.5. The van der Waals surface area contributed by atoms with E-state index in [0.29, 0.717) is 24.9 Å². The molecule has 1 fully saturated rings.